The molecule has 0 spiro atoms. The molecule has 4 nitrogen and oxygen atoms in total. The lowest BCUT2D eigenvalue weighted by Crippen LogP contribution is -2.52. The molecule has 0 saturated heterocycles. The standard InChI is InChI=1S/C14H29N3O/c1-12(2,3)10(18)15-11(16-13(4,5)6)17-14(7,8)9/h1-9H3,(H2,15,16,17,18). The average molecular weight is 255 g/mol. The first-order chi connectivity index (χ1) is 7.71. The zero-order valence-corrected chi connectivity index (χ0v) is 13.4. The second kappa shape index (κ2) is 5.29. The quantitative estimate of drug-likeness (QED) is 0.516. The Labute approximate surface area is 112 Å². The van der Waals surface area contributed by atoms with Gasteiger partial charge in [-0.25, -0.2) is 4.99 Å². The second-order valence-electron chi connectivity index (χ2n) is 7.71. The van der Waals surface area contributed by atoms with Crippen molar-refractivity contribution in [2.45, 2.75) is 73.4 Å². The summed E-state index contributed by atoms with van der Waals surface area (Å²) in [4.78, 5) is 16.5. The summed E-state index contributed by atoms with van der Waals surface area (Å²) in [6, 6.07) is 0. The Bertz CT molecular complexity index is 324. The summed E-state index contributed by atoms with van der Waals surface area (Å²) in [5, 5.41) is 6.10. The van der Waals surface area contributed by atoms with Crippen LogP contribution >= 0.6 is 0 Å². The summed E-state index contributed by atoms with van der Waals surface area (Å²) >= 11 is 0. The van der Waals surface area contributed by atoms with Crippen molar-refractivity contribution in [1.29, 1.82) is 0 Å². The molecular formula is C14H29N3O. The largest absolute Gasteiger partial charge is 0.351 e. The fraction of sp³-hybridized carbons (Fsp3) is 0.857. The van der Waals surface area contributed by atoms with E-state index in [4.69, 9.17) is 0 Å². The van der Waals surface area contributed by atoms with Gasteiger partial charge in [0.2, 0.25) is 5.91 Å². The Morgan fingerprint density at radius 3 is 1.61 bits per heavy atom. The summed E-state index contributed by atoms with van der Waals surface area (Å²) in [7, 11) is 0. The molecule has 0 aliphatic rings. The van der Waals surface area contributed by atoms with E-state index in [-0.39, 0.29) is 17.0 Å². The number of nitrogens with zero attached hydrogens (tertiary/aromatic N) is 1. The van der Waals surface area contributed by atoms with Crippen LogP contribution in [0.5, 0.6) is 0 Å². The van der Waals surface area contributed by atoms with Gasteiger partial charge in [0, 0.05) is 11.0 Å². The SMILES string of the molecule is CC(C)(C)N=C(NC(=O)C(C)(C)C)NC(C)(C)C. The zero-order chi connectivity index (χ0) is 14.8. The van der Waals surface area contributed by atoms with Gasteiger partial charge in [0.05, 0.1) is 5.54 Å². The number of amides is 1. The molecule has 0 fully saturated rings. The van der Waals surface area contributed by atoms with Crippen LogP contribution in [0.25, 0.3) is 0 Å². The smallest absolute Gasteiger partial charge is 0.232 e. The highest BCUT2D eigenvalue weighted by Gasteiger charge is 2.24. The number of carbonyl (C=O) groups excluding carboxylic acids is 1. The Balaban J connectivity index is 5.03. The van der Waals surface area contributed by atoms with E-state index in [0.29, 0.717) is 5.96 Å². The molecule has 0 atom stereocenters. The molecule has 0 aromatic rings. The minimum atomic E-state index is -0.432. The molecule has 0 aromatic heterocycles. The minimum absolute atomic E-state index is 0.0396. The van der Waals surface area contributed by atoms with Gasteiger partial charge in [0.25, 0.3) is 0 Å². The van der Waals surface area contributed by atoms with Crippen molar-refractivity contribution in [1.82, 2.24) is 10.6 Å². The molecule has 2 N–H and O–H groups in total. The molecule has 4 heteroatoms. The predicted molar refractivity (Wildman–Crippen MR) is 77.7 cm³/mol. The molecule has 0 rings (SSSR count). The number of hydrogen-bond acceptors (Lipinski definition) is 2. The van der Waals surface area contributed by atoms with Crippen molar-refractivity contribution < 1.29 is 4.79 Å². The number of rotatable bonds is 0. The maximum absolute atomic E-state index is 12.0. The first kappa shape index (κ1) is 16.9. The summed E-state index contributed by atoms with van der Waals surface area (Å²) < 4.78 is 0. The molecule has 0 radical (unpaired) electrons. The molecule has 18 heavy (non-hydrogen) atoms. The lowest BCUT2D eigenvalue weighted by Gasteiger charge is -2.27. The third-order valence-electron chi connectivity index (χ3n) is 1.85. The van der Waals surface area contributed by atoms with Crippen molar-refractivity contribution in [2.75, 3.05) is 0 Å². The average Bonchev–Trinajstić information content (AvgIpc) is 1.94. The zero-order valence-electron chi connectivity index (χ0n) is 13.4. The summed E-state index contributed by atoms with van der Waals surface area (Å²) in [5.74, 6) is 0.497. The molecule has 0 aliphatic carbocycles. The molecule has 0 aliphatic heterocycles. The van der Waals surface area contributed by atoms with Gasteiger partial charge in [-0.05, 0) is 41.5 Å². The van der Waals surface area contributed by atoms with E-state index in [1.165, 1.54) is 0 Å². The number of nitrogens with one attached hydrogen (secondary N) is 2. The van der Waals surface area contributed by atoms with E-state index in [1.807, 2.05) is 62.3 Å². The van der Waals surface area contributed by atoms with E-state index in [9.17, 15) is 4.79 Å². The van der Waals surface area contributed by atoms with Gasteiger partial charge in [-0.3, -0.25) is 10.1 Å². The van der Waals surface area contributed by atoms with Crippen LogP contribution in [-0.4, -0.2) is 22.9 Å². The number of aliphatic imine (C=N–C) groups is 1. The fourth-order valence-electron chi connectivity index (χ4n) is 1.07. The minimum Gasteiger partial charge on any atom is -0.351 e. The third-order valence-corrected chi connectivity index (χ3v) is 1.85. The van der Waals surface area contributed by atoms with Crippen LogP contribution in [0, 0.1) is 5.41 Å². The van der Waals surface area contributed by atoms with Gasteiger partial charge in [-0.15, -0.1) is 0 Å². The van der Waals surface area contributed by atoms with Crippen LogP contribution in [0.1, 0.15) is 62.3 Å². The predicted octanol–water partition coefficient (Wildman–Crippen LogP) is 2.69. The van der Waals surface area contributed by atoms with Gasteiger partial charge in [-0.1, -0.05) is 20.8 Å². The number of guanidine groups is 1. The van der Waals surface area contributed by atoms with Gasteiger partial charge in [-0.2, -0.15) is 0 Å². The van der Waals surface area contributed by atoms with Crippen molar-refractivity contribution in [3.05, 3.63) is 0 Å². The highest BCUT2D eigenvalue weighted by molar-refractivity contribution is 5.99. The molecule has 106 valence electrons. The molecular weight excluding hydrogens is 226 g/mol. The molecule has 0 saturated carbocycles. The summed E-state index contributed by atoms with van der Waals surface area (Å²) in [6.07, 6.45) is 0. The summed E-state index contributed by atoms with van der Waals surface area (Å²) in [6.45, 7) is 17.8. The second-order valence-corrected chi connectivity index (χ2v) is 7.71. The van der Waals surface area contributed by atoms with Crippen molar-refractivity contribution >= 4 is 11.9 Å². The van der Waals surface area contributed by atoms with Gasteiger partial charge < -0.3 is 5.32 Å². The maximum atomic E-state index is 12.0. The summed E-state index contributed by atoms with van der Waals surface area (Å²) in [5.41, 5.74) is -0.813. The van der Waals surface area contributed by atoms with Crippen LogP contribution in [0.4, 0.5) is 0 Å². The lowest BCUT2D eigenvalue weighted by molar-refractivity contribution is -0.127. The maximum Gasteiger partial charge on any atom is 0.232 e. The molecule has 0 aromatic carbocycles. The van der Waals surface area contributed by atoms with Crippen molar-refractivity contribution in [3.63, 3.8) is 0 Å². The monoisotopic (exact) mass is 255 g/mol. The third kappa shape index (κ3) is 8.09. The van der Waals surface area contributed by atoms with Crippen LogP contribution in [0.2, 0.25) is 0 Å². The Morgan fingerprint density at radius 2 is 1.33 bits per heavy atom. The highest BCUT2D eigenvalue weighted by atomic mass is 16.2. The lowest BCUT2D eigenvalue weighted by atomic mass is 9.96. The van der Waals surface area contributed by atoms with E-state index in [2.05, 4.69) is 15.6 Å². The fourth-order valence-corrected chi connectivity index (χ4v) is 1.07. The van der Waals surface area contributed by atoms with E-state index in [1.54, 1.807) is 0 Å². The van der Waals surface area contributed by atoms with Crippen molar-refractivity contribution in [3.8, 4) is 0 Å². The highest BCUT2D eigenvalue weighted by Crippen LogP contribution is 2.13. The Morgan fingerprint density at radius 1 is 0.889 bits per heavy atom. The van der Waals surface area contributed by atoms with E-state index in [0.717, 1.165) is 0 Å². The number of hydrogen-bond donors (Lipinski definition) is 2. The Kier molecular flexibility index (Phi) is 4.98. The molecule has 0 bridgehead atoms. The van der Waals surface area contributed by atoms with E-state index < -0.39 is 5.41 Å². The van der Waals surface area contributed by atoms with Crippen molar-refractivity contribution in [2.24, 2.45) is 10.4 Å². The van der Waals surface area contributed by atoms with Crippen LogP contribution in [0.3, 0.4) is 0 Å². The topological polar surface area (TPSA) is 53.5 Å². The normalized spacial score (nSPS) is 14.4. The van der Waals surface area contributed by atoms with Crippen LogP contribution in [-0.2, 0) is 4.79 Å². The van der Waals surface area contributed by atoms with Gasteiger partial charge >= 0.3 is 0 Å². The Hall–Kier alpha value is -1.06. The van der Waals surface area contributed by atoms with Gasteiger partial charge in [0.15, 0.2) is 5.96 Å². The molecule has 0 heterocycles. The first-order valence-corrected chi connectivity index (χ1v) is 6.40. The van der Waals surface area contributed by atoms with Gasteiger partial charge in [0.1, 0.15) is 0 Å². The number of carbonyl (C=O) groups is 1. The first-order valence-electron chi connectivity index (χ1n) is 6.40. The van der Waals surface area contributed by atoms with E-state index >= 15 is 0 Å². The van der Waals surface area contributed by atoms with Crippen LogP contribution < -0.4 is 10.6 Å². The molecule has 1 amide bonds. The molecule has 0 unspecified atom stereocenters. The van der Waals surface area contributed by atoms with Crippen LogP contribution in [0.15, 0.2) is 4.99 Å².